The molecule has 0 N–H and O–H groups in total. The summed E-state index contributed by atoms with van der Waals surface area (Å²) in [5.74, 6) is 0.988. The first kappa shape index (κ1) is 13.5. The molecule has 1 aromatic heterocycles. The number of aromatic nitrogens is 1. The normalized spacial score (nSPS) is 18.1. The van der Waals surface area contributed by atoms with E-state index in [4.69, 9.17) is 0 Å². The third-order valence-corrected chi connectivity index (χ3v) is 4.16. The van der Waals surface area contributed by atoms with E-state index in [-0.39, 0.29) is 0 Å². The highest BCUT2D eigenvalue weighted by molar-refractivity contribution is 5.16. The minimum Gasteiger partial charge on any atom is -0.303 e. The van der Waals surface area contributed by atoms with Crippen LogP contribution in [0.4, 0.5) is 0 Å². The van der Waals surface area contributed by atoms with Gasteiger partial charge in [-0.05, 0) is 69.3 Å². The Morgan fingerprint density at radius 3 is 2.72 bits per heavy atom. The number of nitrogens with zero attached hydrogens (tertiary/aromatic N) is 2. The molecule has 2 rings (SSSR count). The Balaban J connectivity index is 1.67. The van der Waals surface area contributed by atoms with Crippen molar-refractivity contribution < 1.29 is 0 Å². The number of hydrogen-bond donors (Lipinski definition) is 0. The number of rotatable bonds is 5. The Kier molecular flexibility index (Phi) is 5.18. The third-order valence-electron chi connectivity index (χ3n) is 4.16. The summed E-state index contributed by atoms with van der Waals surface area (Å²) < 4.78 is 0. The molecule has 0 aliphatic carbocycles. The fraction of sp³-hybridized carbons (Fsp3) is 0.688. The van der Waals surface area contributed by atoms with Crippen LogP contribution < -0.4 is 0 Å². The number of likely N-dealkylation sites (tertiary alicyclic amines) is 1. The van der Waals surface area contributed by atoms with Crippen LogP contribution in [0.2, 0.25) is 0 Å². The first-order valence-corrected chi connectivity index (χ1v) is 7.41. The molecule has 1 fully saturated rings. The zero-order valence-electron chi connectivity index (χ0n) is 11.9. The SMILES string of the molecule is CCC1CCN(CCCc2cncc(C)c2)CC1. The van der Waals surface area contributed by atoms with Crippen molar-refractivity contribution in [3.05, 3.63) is 29.6 Å². The molecule has 1 saturated heterocycles. The van der Waals surface area contributed by atoms with Crippen molar-refractivity contribution in [1.29, 1.82) is 0 Å². The third kappa shape index (κ3) is 4.09. The maximum Gasteiger partial charge on any atom is 0.0300 e. The summed E-state index contributed by atoms with van der Waals surface area (Å²) in [5.41, 5.74) is 2.66. The van der Waals surface area contributed by atoms with Crippen molar-refractivity contribution in [3.63, 3.8) is 0 Å². The van der Waals surface area contributed by atoms with E-state index in [0.29, 0.717) is 0 Å². The van der Waals surface area contributed by atoms with E-state index in [0.717, 1.165) is 5.92 Å². The molecule has 1 aliphatic rings. The van der Waals surface area contributed by atoms with E-state index < -0.39 is 0 Å². The molecule has 0 aromatic carbocycles. The van der Waals surface area contributed by atoms with Crippen LogP contribution in [-0.2, 0) is 6.42 Å². The lowest BCUT2D eigenvalue weighted by Crippen LogP contribution is -2.34. The first-order chi connectivity index (χ1) is 8.78. The summed E-state index contributed by atoms with van der Waals surface area (Å²) in [6.45, 7) is 8.32. The predicted molar refractivity (Wildman–Crippen MR) is 76.8 cm³/mol. The van der Waals surface area contributed by atoms with Crippen molar-refractivity contribution in [2.75, 3.05) is 19.6 Å². The summed E-state index contributed by atoms with van der Waals surface area (Å²) in [6.07, 6.45) is 10.5. The molecule has 0 bridgehead atoms. The fourth-order valence-electron chi connectivity index (χ4n) is 2.88. The van der Waals surface area contributed by atoms with Crippen LogP contribution in [0.5, 0.6) is 0 Å². The maximum atomic E-state index is 4.26. The molecular weight excluding hydrogens is 220 g/mol. The van der Waals surface area contributed by atoms with Crippen molar-refractivity contribution in [2.45, 2.75) is 46.0 Å². The second kappa shape index (κ2) is 6.89. The van der Waals surface area contributed by atoms with Crippen molar-refractivity contribution in [1.82, 2.24) is 9.88 Å². The molecular formula is C16H26N2. The first-order valence-electron chi connectivity index (χ1n) is 7.41. The molecule has 100 valence electrons. The summed E-state index contributed by atoms with van der Waals surface area (Å²) in [4.78, 5) is 6.89. The Morgan fingerprint density at radius 1 is 1.28 bits per heavy atom. The van der Waals surface area contributed by atoms with Crippen LogP contribution in [0.3, 0.4) is 0 Å². The fourth-order valence-corrected chi connectivity index (χ4v) is 2.88. The van der Waals surface area contributed by atoms with Crippen molar-refractivity contribution >= 4 is 0 Å². The molecule has 1 aromatic rings. The Hall–Kier alpha value is -0.890. The number of piperidine rings is 1. The van der Waals surface area contributed by atoms with E-state index >= 15 is 0 Å². The molecule has 2 nitrogen and oxygen atoms in total. The summed E-state index contributed by atoms with van der Waals surface area (Å²) in [5, 5.41) is 0. The predicted octanol–water partition coefficient (Wildman–Crippen LogP) is 3.44. The van der Waals surface area contributed by atoms with Gasteiger partial charge in [-0.15, -0.1) is 0 Å². The maximum absolute atomic E-state index is 4.26. The van der Waals surface area contributed by atoms with Gasteiger partial charge in [0.15, 0.2) is 0 Å². The number of pyridine rings is 1. The number of aryl methyl sites for hydroxylation is 2. The van der Waals surface area contributed by atoms with Crippen LogP contribution in [-0.4, -0.2) is 29.5 Å². The van der Waals surface area contributed by atoms with Gasteiger partial charge in [0.1, 0.15) is 0 Å². The Labute approximate surface area is 111 Å². The van der Waals surface area contributed by atoms with Crippen LogP contribution >= 0.6 is 0 Å². The van der Waals surface area contributed by atoms with Gasteiger partial charge in [-0.2, -0.15) is 0 Å². The molecule has 0 atom stereocenters. The van der Waals surface area contributed by atoms with Gasteiger partial charge in [-0.25, -0.2) is 0 Å². The molecule has 0 saturated carbocycles. The zero-order chi connectivity index (χ0) is 12.8. The smallest absolute Gasteiger partial charge is 0.0300 e. The van der Waals surface area contributed by atoms with E-state index in [1.54, 1.807) is 0 Å². The largest absolute Gasteiger partial charge is 0.303 e. The van der Waals surface area contributed by atoms with Crippen LogP contribution in [0.15, 0.2) is 18.5 Å². The molecule has 18 heavy (non-hydrogen) atoms. The van der Waals surface area contributed by atoms with Gasteiger partial charge < -0.3 is 4.90 Å². The molecule has 2 heterocycles. The average Bonchev–Trinajstić information content (AvgIpc) is 2.40. The lowest BCUT2D eigenvalue weighted by atomic mass is 9.94. The molecule has 0 amide bonds. The van der Waals surface area contributed by atoms with Gasteiger partial charge in [-0.1, -0.05) is 19.4 Å². The molecule has 0 unspecified atom stereocenters. The minimum atomic E-state index is 0.988. The Bertz CT molecular complexity index is 354. The molecule has 0 spiro atoms. The van der Waals surface area contributed by atoms with Gasteiger partial charge in [0.25, 0.3) is 0 Å². The highest BCUT2D eigenvalue weighted by Gasteiger charge is 2.16. The van der Waals surface area contributed by atoms with Crippen molar-refractivity contribution in [3.8, 4) is 0 Å². The van der Waals surface area contributed by atoms with E-state index in [1.165, 1.54) is 62.9 Å². The molecule has 0 radical (unpaired) electrons. The quantitative estimate of drug-likeness (QED) is 0.791. The minimum absolute atomic E-state index is 0.988. The highest BCUT2D eigenvalue weighted by Crippen LogP contribution is 2.20. The monoisotopic (exact) mass is 246 g/mol. The van der Waals surface area contributed by atoms with Gasteiger partial charge >= 0.3 is 0 Å². The number of hydrogen-bond acceptors (Lipinski definition) is 2. The van der Waals surface area contributed by atoms with Gasteiger partial charge in [0.2, 0.25) is 0 Å². The summed E-state index contributed by atoms with van der Waals surface area (Å²) in [6, 6.07) is 2.26. The zero-order valence-corrected chi connectivity index (χ0v) is 11.9. The Morgan fingerprint density at radius 2 is 2.06 bits per heavy atom. The second-order valence-electron chi connectivity index (χ2n) is 5.67. The van der Waals surface area contributed by atoms with Crippen LogP contribution in [0, 0.1) is 12.8 Å². The van der Waals surface area contributed by atoms with E-state index in [9.17, 15) is 0 Å². The molecule has 2 heteroatoms. The summed E-state index contributed by atoms with van der Waals surface area (Å²) in [7, 11) is 0. The second-order valence-corrected chi connectivity index (χ2v) is 5.67. The molecule has 1 aliphatic heterocycles. The van der Waals surface area contributed by atoms with Crippen LogP contribution in [0.25, 0.3) is 0 Å². The van der Waals surface area contributed by atoms with Crippen LogP contribution in [0.1, 0.15) is 43.7 Å². The average molecular weight is 246 g/mol. The lowest BCUT2D eigenvalue weighted by molar-refractivity contribution is 0.180. The van der Waals surface area contributed by atoms with Gasteiger partial charge in [0.05, 0.1) is 0 Å². The van der Waals surface area contributed by atoms with Gasteiger partial charge in [0, 0.05) is 12.4 Å². The lowest BCUT2D eigenvalue weighted by Gasteiger charge is -2.31. The van der Waals surface area contributed by atoms with Gasteiger partial charge in [-0.3, -0.25) is 4.98 Å². The standard InChI is InChI=1S/C16H26N2/c1-3-15-6-9-18(10-7-15)8-4-5-16-11-14(2)12-17-13-16/h11-13,15H,3-10H2,1-2H3. The van der Waals surface area contributed by atoms with Crippen molar-refractivity contribution in [2.24, 2.45) is 5.92 Å². The summed E-state index contributed by atoms with van der Waals surface area (Å²) >= 11 is 0. The highest BCUT2D eigenvalue weighted by atomic mass is 15.1. The topological polar surface area (TPSA) is 16.1 Å². The van der Waals surface area contributed by atoms with E-state index in [2.05, 4.69) is 29.8 Å². The van der Waals surface area contributed by atoms with E-state index in [1.807, 2.05) is 12.4 Å².